The first-order valence-corrected chi connectivity index (χ1v) is 9.24. The number of halogens is 2. The molecular weight excluding hydrogens is 395 g/mol. The Morgan fingerprint density at radius 1 is 1.23 bits per heavy atom. The Morgan fingerprint density at radius 2 is 2.04 bits per heavy atom. The van der Waals surface area contributed by atoms with E-state index in [4.69, 9.17) is 27.9 Å². The van der Waals surface area contributed by atoms with Crippen LogP contribution in [0.5, 0.6) is 5.75 Å². The van der Waals surface area contributed by atoms with Crippen molar-refractivity contribution in [2.75, 3.05) is 18.2 Å². The van der Waals surface area contributed by atoms with E-state index in [0.717, 1.165) is 5.56 Å². The van der Waals surface area contributed by atoms with Gasteiger partial charge in [-0.05, 0) is 30.3 Å². The topological polar surface area (TPSA) is 79.9 Å². The van der Waals surface area contributed by atoms with Gasteiger partial charge >= 0.3 is 0 Å². The van der Waals surface area contributed by atoms with Crippen LogP contribution in [0.1, 0.15) is 0 Å². The predicted octanol–water partition coefficient (Wildman–Crippen LogP) is 4.52. The number of rotatable bonds is 6. The van der Waals surface area contributed by atoms with E-state index in [1.54, 1.807) is 25.3 Å². The Bertz CT molecular complexity index is 933. The first-order valence-electron chi connectivity index (χ1n) is 7.50. The van der Waals surface area contributed by atoms with Crippen LogP contribution in [0.2, 0.25) is 10.0 Å². The molecule has 3 aromatic rings. The van der Waals surface area contributed by atoms with Crippen LogP contribution in [0.15, 0.2) is 47.6 Å². The van der Waals surface area contributed by atoms with E-state index in [1.807, 2.05) is 24.3 Å². The van der Waals surface area contributed by atoms with Crippen molar-refractivity contribution in [3.05, 3.63) is 52.5 Å². The fourth-order valence-corrected chi connectivity index (χ4v) is 3.07. The first-order chi connectivity index (χ1) is 12.6. The highest BCUT2D eigenvalue weighted by Gasteiger charge is 2.12. The molecule has 1 aromatic heterocycles. The van der Waals surface area contributed by atoms with E-state index in [1.165, 1.54) is 11.8 Å². The summed E-state index contributed by atoms with van der Waals surface area (Å²) in [4.78, 5) is 16.5. The number of hydrogen-bond donors (Lipinski definition) is 2. The van der Waals surface area contributed by atoms with E-state index in [2.05, 4.69) is 20.5 Å². The number of para-hydroxylation sites is 1. The standard InChI is InChI=1S/C17H14Cl2N4O2S/c1-25-14-5-3-2-4-11(14)16-21-17(23-22-16)26-9-15(24)20-10-6-7-12(18)13(19)8-10/h2-8H,9H2,1H3,(H,20,24)(H,21,22,23). The number of thioether (sulfide) groups is 1. The van der Waals surface area contributed by atoms with E-state index in [-0.39, 0.29) is 11.7 Å². The number of hydrogen-bond acceptors (Lipinski definition) is 5. The van der Waals surface area contributed by atoms with Crippen LogP contribution in [0.3, 0.4) is 0 Å². The number of ether oxygens (including phenoxy) is 1. The lowest BCUT2D eigenvalue weighted by Gasteiger charge is -2.05. The molecule has 0 fully saturated rings. The quantitative estimate of drug-likeness (QED) is 0.586. The highest BCUT2D eigenvalue weighted by atomic mass is 35.5. The van der Waals surface area contributed by atoms with E-state index < -0.39 is 0 Å². The summed E-state index contributed by atoms with van der Waals surface area (Å²) in [5.41, 5.74) is 1.38. The minimum absolute atomic E-state index is 0.156. The molecule has 0 aliphatic carbocycles. The van der Waals surface area contributed by atoms with Crippen LogP contribution in [0.4, 0.5) is 5.69 Å². The van der Waals surface area contributed by atoms with Gasteiger partial charge in [0.25, 0.3) is 0 Å². The second kappa shape index (κ2) is 8.44. The van der Waals surface area contributed by atoms with Crippen molar-refractivity contribution >= 4 is 46.6 Å². The molecule has 0 radical (unpaired) electrons. The average molecular weight is 409 g/mol. The van der Waals surface area contributed by atoms with Gasteiger partial charge in [0.2, 0.25) is 11.1 Å². The maximum Gasteiger partial charge on any atom is 0.234 e. The van der Waals surface area contributed by atoms with Gasteiger partial charge in [-0.25, -0.2) is 4.98 Å². The second-order valence-corrected chi connectivity index (χ2v) is 6.89. The number of H-pyrrole nitrogens is 1. The summed E-state index contributed by atoms with van der Waals surface area (Å²) in [5, 5.41) is 11.0. The van der Waals surface area contributed by atoms with Gasteiger partial charge in [0.1, 0.15) is 5.75 Å². The third kappa shape index (κ3) is 4.49. The van der Waals surface area contributed by atoms with Crippen molar-refractivity contribution in [3.8, 4) is 17.1 Å². The second-order valence-electron chi connectivity index (χ2n) is 5.13. The Morgan fingerprint density at radius 3 is 2.81 bits per heavy atom. The molecule has 2 aromatic carbocycles. The average Bonchev–Trinajstić information content (AvgIpc) is 3.12. The van der Waals surface area contributed by atoms with Gasteiger partial charge in [0.15, 0.2) is 5.82 Å². The minimum atomic E-state index is -0.197. The molecule has 3 rings (SSSR count). The van der Waals surface area contributed by atoms with Crippen molar-refractivity contribution < 1.29 is 9.53 Å². The molecule has 1 heterocycles. The summed E-state index contributed by atoms with van der Waals surface area (Å²) in [6, 6.07) is 12.4. The molecule has 0 unspecified atom stereocenters. The van der Waals surface area contributed by atoms with E-state index in [0.29, 0.717) is 32.5 Å². The number of aromatic nitrogens is 3. The molecule has 9 heteroatoms. The largest absolute Gasteiger partial charge is 0.496 e. The molecule has 0 saturated carbocycles. The van der Waals surface area contributed by atoms with Crippen LogP contribution in [-0.4, -0.2) is 34.0 Å². The smallest absolute Gasteiger partial charge is 0.234 e. The first kappa shape index (κ1) is 18.6. The Balaban J connectivity index is 1.61. The molecule has 134 valence electrons. The van der Waals surface area contributed by atoms with Gasteiger partial charge in [-0.2, -0.15) is 0 Å². The number of nitrogens with zero attached hydrogens (tertiary/aromatic N) is 2. The molecule has 0 bridgehead atoms. The van der Waals surface area contributed by atoms with Crippen LogP contribution >= 0.6 is 35.0 Å². The van der Waals surface area contributed by atoms with Gasteiger partial charge in [-0.1, -0.05) is 47.1 Å². The maximum absolute atomic E-state index is 12.1. The molecule has 0 aliphatic rings. The highest BCUT2D eigenvalue weighted by Crippen LogP contribution is 2.28. The van der Waals surface area contributed by atoms with Crippen LogP contribution < -0.4 is 10.1 Å². The molecule has 26 heavy (non-hydrogen) atoms. The lowest BCUT2D eigenvalue weighted by molar-refractivity contribution is -0.113. The number of anilines is 1. The molecule has 1 amide bonds. The third-order valence-electron chi connectivity index (χ3n) is 3.36. The van der Waals surface area contributed by atoms with Gasteiger partial charge in [-0.3, -0.25) is 9.89 Å². The Labute approximate surface area is 164 Å². The SMILES string of the molecule is COc1ccccc1-c1nc(SCC(=O)Nc2ccc(Cl)c(Cl)c2)n[nH]1. The summed E-state index contributed by atoms with van der Waals surface area (Å²) in [6.45, 7) is 0. The summed E-state index contributed by atoms with van der Waals surface area (Å²) in [6.07, 6.45) is 0. The van der Waals surface area contributed by atoms with Crippen molar-refractivity contribution in [2.24, 2.45) is 0 Å². The zero-order valence-corrected chi connectivity index (χ0v) is 16.0. The van der Waals surface area contributed by atoms with Crippen molar-refractivity contribution in [1.82, 2.24) is 15.2 Å². The predicted molar refractivity (Wildman–Crippen MR) is 104 cm³/mol. The number of benzene rings is 2. The minimum Gasteiger partial charge on any atom is -0.496 e. The number of methoxy groups -OCH3 is 1. The molecular formula is C17H14Cl2N4O2S. The summed E-state index contributed by atoms with van der Waals surface area (Å²) in [5.74, 6) is 1.23. The third-order valence-corrected chi connectivity index (χ3v) is 4.95. The lowest BCUT2D eigenvalue weighted by Crippen LogP contribution is -2.14. The molecule has 2 N–H and O–H groups in total. The number of nitrogens with one attached hydrogen (secondary N) is 2. The molecule has 0 atom stereocenters. The molecule has 0 spiro atoms. The normalized spacial score (nSPS) is 10.6. The Hall–Kier alpha value is -2.22. The van der Waals surface area contributed by atoms with Crippen molar-refractivity contribution in [3.63, 3.8) is 0 Å². The van der Waals surface area contributed by atoms with Crippen molar-refractivity contribution in [2.45, 2.75) is 5.16 Å². The summed E-state index contributed by atoms with van der Waals surface area (Å²) < 4.78 is 5.31. The van der Waals surface area contributed by atoms with Gasteiger partial charge < -0.3 is 10.1 Å². The highest BCUT2D eigenvalue weighted by molar-refractivity contribution is 7.99. The van der Waals surface area contributed by atoms with E-state index in [9.17, 15) is 4.79 Å². The molecule has 6 nitrogen and oxygen atoms in total. The van der Waals surface area contributed by atoms with Crippen LogP contribution in [-0.2, 0) is 4.79 Å². The Kier molecular flexibility index (Phi) is 6.03. The number of carbonyl (C=O) groups is 1. The zero-order valence-electron chi connectivity index (χ0n) is 13.6. The molecule has 0 aliphatic heterocycles. The fraction of sp³-hybridized carbons (Fsp3) is 0.118. The van der Waals surface area contributed by atoms with Crippen molar-refractivity contribution in [1.29, 1.82) is 0 Å². The number of carbonyl (C=O) groups excluding carboxylic acids is 1. The van der Waals surface area contributed by atoms with E-state index >= 15 is 0 Å². The number of amides is 1. The summed E-state index contributed by atoms with van der Waals surface area (Å²) in [7, 11) is 1.60. The maximum atomic E-state index is 12.1. The van der Waals surface area contributed by atoms with Gasteiger partial charge in [-0.15, -0.1) is 5.10 Å². The molecule has 0 saturated heterocycles. The summed E-state index contributed by atoms with van der Waals surface area (Å²) >= 11 is 13.0. The monoisotopic (exact) mass is 408 g/mol. The zero-order chi connectivity index (χ0) is 18.5. The van der Waals surface area contributed by atoms with Crippen LogP contribution in [0, 0.1) is 0 Å². The van der Waals surface area contributed by atoms with Crippen LogP contribution in [0.25, 0.3) is 11.4 Å². The van der Waals surface area contributed by atoms with Gasteiger partial charge in [0.05, 0.1) is 28.5 Å². The fourth-order valence-electron chi connectivity index (χ4n) is 2.17. The lowest BCUT2D eigenvalue weighted by atomic mass is 10.2. The van der Waals surface area contributed by atoms with Gasteiger partial charge in [0, 0.05) is 5.69 Å². The number of aromatic amines is 1.